The normalized spacial score (nSPS) is 13.5. The van der Waals surface area contributed by atoms with Gasteiger partial charge < -0.3 is 4.98 Å². The van der Waals surface area contributed by atoms with Crippen molar-refractivity contribution in [1.82, 2.24) is 9.97 Å². The highest BCUT2D eigenvalue weighted by atomic mass is 16.2. The van der Waals surface area contributed by atoms with Gasteiger partial charge in [0.05, 0.1) is 27.8 Å². The van der Waals surface area contributed by atoms with Crippen LogP contribution in [-0.2, 0) is 0 Å². The quantitative estimate of drug-likeness (QED) is 0.561. The lowest BCUT2D eigenvalue weighted by Crippen LogP contribution is -2.29. The van der Waals surface area contributed by atoms with Gasteiger partial charge in [0.25, 0.3) is 11.8 Å². The summed E-state index contributed by atoms with van der Waals surface area (Å²) in [7, 11) is 0. The van der Waals surface area contributed by atoms with Gasteiger partial charge in [0.1, 0.15) is 5.82 Å². The number of H-pyrrole nitrogens is 1. The van der Waals surface area contributed by atoms with Crippen LogP contribution in [0.15, 0.2) is 72.8 Å². The predicted molar refractivity (Wildman–Crippen MR) is 99.1 cm³/mol. The number of amides is 2. The van der Waals surface area contributed by atoms with Gasteiger partial charge in [-0.05, 0) is 48.5 Å². The molecular formula is C21H13N3O2. The number of nitrogens with one attached hydrogen (secondary N) is 1. The molecule has 0 fully saturated rings. The van der Waals surface area contributed by atoms with Crippen LogP contribution in [0.5, 0.6) is 0 Å². The second-order valence-corrected chi connectivity index (χ2v) is 6.14. The molecule has 0 unspecified atom stereocenters. The topological polar surface area (TPSA) is 66.1 Å². The molecule has 0 radical (unpaired) electrons. The Kier molecular flexibility index (Phi) is 3.03. The summed E-state index contributed by atoms with van der Waals surface area (Å²) in [6.45, 7) is 0. The van der Waals surface area contributed by atoms with E-state index in [4.69, 9.17) is 0 Å². The number of nitrogens with zero attached hydrogens (tertiary/aromatic N) is 2. The highest BCUT2D eigenvalue weighted by Crippen LogP contribution is 2.30. The zero-order chi connectivity index (χ0) is 17.7. The summed E-state index contributed by atoms with van der Waals surface area (Å²) < 4.78 is 0. The summed E-state index contributed by atoms with van der Waals surface area (Å²) in [5.74, 6) is 0.171. The lowest BCUT2D eigenvalue weighted by Gasteiger charge is -2.14. The molecule has 1 N–H and O–H groups in total. The number of fused-ring (bicyclic) bond motifs is 2. The number of carbonyl (C=O) groups is 2. The predicted octanol–water partition coefficient (Wildman–Crippen LogP) is 4.03. The maximum absolute atomic E-state index is 12.6. The highest BCUT2D eigenvalue weighted by molar-refractivity contribution is 6.34. The molecular weight excluding hydrogens is 326 g/mol. The molecule has 0 spiro atoms. The second-order valence-electron chi connectivity index (χ2n) is 6.14. The van der Waals surface area contributed by atoms with Crippen LogP contribution in [0.1, 0.15) is 20.7 Å². The molecule has 2 amide bonds. The fourth-order valence-electron chi connectivity index (χ4n) is 3.28. The molecule has 0 saturated heterocycles. The third kappa shape index (κ3) is 2.07. The third-order valence-electron chi connectivity index (χ3n) is 4.58. The highest BCUT2D eigenvalue weighted by Gasteiger charge is 2.36. The number of rotatable bonds is 2. The smallest absolute Gasteiger partial charge is 0.266 e. The number of para-hydroxylation sites is 2. The zero-order valence-corrected chi connectivity index (χ0v) is 13.6. The number of anilines is 1. The molecule has 0 aliphatic carbocycles. The molecule has 124 valence electrons. The maximum atomic E-state index is 12.6. The van der Waals surface area contributed by atoms with E-state index < -0.39 is 0 Å². The average molecular weight is 339 g/mol. The van der Waals surface area contributed by atoms with E-state index in [0.29, 0.717) is 16.8 Å². The number of aromatic amines is 1. The van der Waals surface area contributed by atoms with Crippen molar-refractivity contribution in [3.8, 4) is 11.4 Å². The van der Waals surface area contributed by atoms with E-state index in [0.717, 1.165) is 22.4 Å². The second kappa shape index (κ2) is 5.39. The van der Waals surface area contributed by atoms with Crippen molar-refractivity contribution >= 4 is 28.5 Å². The summed E-state index contributed by atoms with van der Waals surface area (Å²) in [5, 5.41) is 0. The first-order valence-electron chi connectivity index (χ1n) is 8.25. The van der Waals surface area contributed by atoms with Crippen LogP contribution in [0.4, 0.5) is 5.69 Å². The van der Waals surface area contributed by atoms with Crippen molar-refractivity contribution in [2.45, 2.75) is 0 Å². The minimum absolute atomic E-state index is 0.290. The monoisotopic (exact) mass is 339 g/mol. The summed E-state index contributed by atoms with van der Waals surface area (Å²) in [6, 6.07) is 21.9. The van der Waals surface area contributed by atoms with E-state index in [2.05, 4.69) is 9.97 Å². The van der Waals surface area contributed by atoms with E-state index in [1.54, 1.807) is 36.4 Å². The number of benzene rings is 3. The molecule has 4 aromatic rings. The Balaban J connectivity index is 1.51. The van der Waals surface area contributed by atoms with Gasteiger partial charge in [-0.15, -0.1) is 0 Å². The maximum Gasteiger partial charge on any atom is 0.266 e. The van der Waals surface area contributed by atoms with E-state index >= 15 is 0 Å². The SMILES string of the molecule is O=C1c2ccccc2C(=O)N1c1ccc(-c2nc3ccccc3[nH]2)cc1. The van der Waals surface area contributed by atoms with Crippen molar-refractivity contribution in [3.63, 3.8) is 0 Å². The molecule has 0 bridgehead atoms. The van der Waals surface area contributed by atoms with Crippen molar-refractivity contribution < 1.29 is 9.59 Å². The summed E-state index contributed by atoms with van der Waals surface area (Å²) in [5.41, 5.74) is 4.19. The van der Waals surface area contributed by atoms with Gasteiger partial charge in [-0.25, -0.2) is 9.88 Å². The van der Waals surface area contributed by atoms with Gasteiger partial charge in [-0.3, -0.25) is 9.59 Å². The number of imidazole rings is 1. The van der Waals surface area contributed by atoms with Crippen molar-refractivity contribution in [2.75, 3.05) is 4.90 Å². The zero-order valence-electron chi connectivity index (χ0n) is 13.6. The van der Waals surface area contributed by atoms with Crippen molar-refractivity contribution in [2.24, 2.45) is 0 Å². The molecule has 1 aliphatic rings. The minimum atomic E-state index is -0.290. The van der Waals surface area contributed by atoms with Crippen molar-refractivity contribution in [1.29, 1.82) is 0 Å². The van der Waals surface area contributed by atoms with Gasteiger partial charge in [0.15, 0.2) is 0 Å². The molecule has 5 heteroatoms. The molecule has 5 nitrogen and oxygen atoms in total. The molecule has 1 aliphatic heterocycles. The van der Waals surface area contributed by atoms with Crippen molar-refractivity contribution in [3.05, 3.63) is 83.9 Å². The van der Waals surface area contributed by atoms with Crippen LogP contribution in [0.25, 0.3) is 22.4 Å². The molecule has 26 heavy (non-hydrogen) atoms. The van der Waals surface area contributed by atoms with Crippen LogP contribution in [0, 0.1) is 0 Å². The van der Waals surface area contributed by atoms with Gasteiger partial charge in [0, 0.05) is 5.56 Å². The van der Waals surface area contributed by atoms with Gasteiger partial charge in [-0.1, -0.05) is 24.3 Å². The molecule has 0 atom stereocenters. The number of hydrogen-bond acceptors (Lipinski definition) is 3. The first-order chi connectivity index (χ1) is 12.7. The standard InChI is InChI=1S/C21H13N3O2/c25-20-15-5-1-2-6-16(15)21(26)24(20)14-11-9-13(10-12-14)19-22-17-7-3-4-8-18(17)23-19/h1-12H,(H,22,23). The Morgan fingerprint density at radius 2 is 1.35 bits per heavy atom. The Hall–Kier alpha value is -3.73. The molecule has 3 aromatic carbocycles. The Labute approximate surface area is 148 Å². The van der Waals surface area contributed by atoms with Gasteiger partial charge in [-0.2, -0.15) is 0 Å². The van der Waals surface area contributed by atoms with Crippen LogP contribution in [0.3, 0.4) is 0 Å². The van der Waals surface area contributed by atoms with Gasteiger partial charge >= 0.3 is 0 Å². The first-order valence-corrected chi connectivity index (χ1v) is 8.25. The molecule has 0 saturated carbocycles. The number of hydrogen-bond donors (Lipinski definition) is 1. The lowest BCUT2D eigenvalue weighted by molar-refractivity contribution is 0.0926. The van der Waals surface area contributed by atoms with E-state index in [1.165, 1.54) is 4.90 Å². The fourth-order valence-corrected chi connectivity index (χ4v) is 3.28. The number of imide groups is 1. The fraction of sp³-hybridized carbons (Fsp3) is 0. The largest absolute Gasteiger partial charge is 0.338 e. The number of aromatic nitrogens is 2. The van der Waals surface area contributed by atoms with E-state index in [1.807, 2.05) is 36.4 Å². The summed E-state index contributed by atoms with van der Waals surface area (Å²) in [4.78, 5) is 34.2. The van der Waals surface area contributed by atoms with Gasteiger partial charge in [0.2, 0.25) is 0 Å². The first kappa shape index (κ1) is 14.6. The van der Waals surface area contributed by atoms with Crippen LogP contribution >= 0.6 is 0 Å². The minimum Gasteiger partial charge on any atom is -0.338 e. The van der Waals surface area contributed by atoms with Crippen LogP contribution in [-0.4, -0.2) is 21.8 Å². The van der Waals surface area contributed by atoms with E-state index in [-0.39, 0.29) is 11.8 Å². The van der Waals surface area contributed by atoms with Crippen LogP contribution < -0.4 is 4.90 Å². The lowest BCUT2D eigenvalue weighted by atomic mass is 10.1. The summed E-state index contributed by atoms with van der Waals surface area (Å²) >= 11 is 0. The Morgan fingerprint density at radius 3 is 2.00 bits per heavy atom. The van der Waals surface area contributed by atoms with E-state index in [9.17, 15) is 9.59 Å². The summed E-state index contributed by atoms with van der Waals surface area (Å²) in [6.07, 6.45) is 0. The Bertz CT molecular complexity index is 1110. The van der Waals surface area contributed by atoms with Crippen LogP contribution in [0.2, 0.25) is 0 Å². The molecule has 2 heterocycles. The third-order valence-corrected chi connectivity index (χ3v) is 4.58. The number of carbonyl (C=O) groups excluding carboxylic acids is 2. The average Bonchev–Trinajstić information content (AvgIpc) is 3.22. The molecule has 5 rings (SSSR count). The molecule has 1 aromatic heterocycles. The Morgan fingerprint density at radius 1 is 0.731 bits per heavy atom.